The van der Waals surface area contributed by atoms with Gasteiger partial charge >= 0.3 is 11.9 Å². The lowest BCUT2D eigenvalue weighted by molar-refractivity contribution is -0.157. The molecule has 1 saturated heterocycles. The first-order valence-corrected chi connectivity index (χ1v) is 37.0. The van der Waals surface area contributed by atoms with E-state index in [2.05, 4.69) is 38.8 Å². The zero-order valence-corrected chi connectivity index (χ0v) is 61.0. The molecule has 1 heterocycles. The number of amides is 6. The quantitative estimate of drug-likeness (QED) is 0.0107. The second-order valence-electron chi connectivity index (χ2n) is 27.2. The number of ketones is 3. The van der Waals surface area contributed by atoms with E-state index in [1.165, 1.54) is 0 Å². The van der Waals surface area contributed by atoms with Gasteiger partial charge < -0.3 is 50.8 Å². The lowest BCUT2D eigenvalue weighted by Crippen LogP contribution is -2.58. The van der Waals surface area contributed by atoms with Crippen molar-refractivity contribution in [3.63, 3.8) is 0 Å². The zero-order valence-electron chi connectivity index (χ0n) is 59.4. The largest absolute Gasteiger partial charge is 0.465 e. The monoisotopic (exact) mass is 1400 g/mol. The molecule has 9 atom stereocenters. The molecule has 4 aromatic rings. The van der Waals surface area contributed by atoms with E-state index in [1.54, 1.807) is 79.6 Å². The van der Waals surface area contributed by atoms with Crippen LogP contribution >= 0.6 is 21.6 Å². The van der Waals surface area contributed by atoms with Crippen LogP contribution in [0.4, 0.5) is 0 Å². The minimum Gasteiger partial charge on any atom is -0.465 e. The van der Waals surface area contributed by atoms with Gasteiger partial charge in [0, 0.05) is 55.6 Å². The normalized spacial score (nSPS) is 18.7. The average molecular weight is 1410 g/mol. The number of carbonyl (C=O) groups excluding carboxylic acids is 11. The SMILES string of the molecule is CCSSC[C@H](C)C(=O)NCCOCCOCC(=O)C[C@H](C(=O)N[C@@H](CC(=O)NC(c1ccccc1)(c1ccccc1)c1ccccc1)C(=O)C[C@H]1COC(=O)[C@H](CC(C)C)CC(=O)[C@H](CC(C)C)NC(=O)[C@H](Cc2ccccc2)NC(=O)[C@H](CC(=O)OC(C)(C)C)NC1=O)C(C)CC. The van der Waals surface area contributed by atoms with Crippen molar-refractivity contribution in [3.05, 3.63) is 144 Å². The number of Topliss-reactive ketones (excluding diaryl/α,β-unsaturated/α-hetero) is 3. The molecule has 1 unspecified atom stereocenters. The Morgan fingerprint density at radius 2 is 1.16 bits per heavy atom. The smallest absolute Gasteiger partial charge is 0.309 e. The predicted molar refractivity (Wildman–Crippen MR) is 383 cm³/mol. The van der Waals surface area contributed by atoms with E-state index >= 15 is 19.2 Å². The van der Waals surface area contributed by atoms with Gasteiger partial charge in [-0.05, 0) is 73.6 Å². The Morgan fingerprint density at radius 1 is 0.616 bits per heavy atom. The second kappa shape index (κ2) is 41.7. The van der Waals surface area contributed by atoms with Crippen molar-refractivity contribution >= 4 is 86.3 Å². The first-order valence-electron chi connectivity index (χ1n) is 34.5. The van der Waals surface area contributed by atoms with Crippen molar-refractivity contribution < 1.29 is 71.7 Å². The van der Waals surface area contributed by atoms with Crippen molar-refractivity contribution in [3.8, 4) is 0 Å². The summed E-state index contributed by atoms with van der Waals surface area (Å²) in [5.41, 5.74) is 0.0914. The third kappa shape index (κ3) is 27.7. The standard InChI is InChI=1S/C76H104N6O15S2/c1-12-51(7)60(43-59(83)47-95-37-36-94-35-34-77-69(88)52(8)48-99-98-13-2)71(90)78-62(44-67(86)82-76(56-28-20-15-21-29-56,57-30-22-16-23-31-57)58-32-24-17-25-33-58)66(85)42-55-46-96-74(93)54(38-49(3)4)41-65(84)61(39-50(5)6)79-72(91)63(40-53-26-18-14-19-27-53)81-73(92)64(80-70(55)89)45-68(87)97-75(9,10)11/h14-33,49-52,54-55,60-64H,12-13,34-48H2,1-11H3,(H,77,88)(H,78,90)(H,79,91)(H,80,89)(H,81,92)(H,82,86)/t51?,52-,54+,55-,60-,61-,62-,63-,64-/m0/s1. The fraction of sp³-hybridized carbons (Fsp3) is 0.539. The van der Waals surface area contributed by atoms with Crippen LogP contribution in [0, 0.1) is 41.4 Å². The van der Waals surface area contributed by atoms with Crippen LogP contribution in [-0.2, 0) is 83.6 Å². The van der Waals surface area contributed by atoms with Gasteiger partial charge in [-0.3, -0.25) is 52.7 Å². The lowest BCUT2D eigenvalue weighted by atomic mass is 9.76. The molecule has 5 rings (SSSR count). The van der Waals surface area contributed by atoms with Crippen LogP contribution < -0.4 is 31.9 Å². The molecule has 0 radical (unpaired) electrons. The van der Waals surface area contributed by atoms with Crippen molar-refractivity contribution in [1.82, 2.24) is 31.9 Å². The molecule has 0 saturated carbocycles. The number of carbonyl (C=O) groups is 11. The highest BCUT2D eigenvalue weighted by Crippen LogP contribution is 2.37. The molecule has 0 aliphatic carbocycles. The minimum atomic E-state index is -1.79. The molecule has 0 aromatic heterocycles. The highest BCUT2D eigenvalue weighted by molar-refractivity contribution is 8.76. The van der Waals surface area contributed by atoms with Crippen LogP contribution in [0.15, 0.2) is 121 Å². The third-order valence-corrected chi connectivity index (χ3v) is 19.5. The molecule has 6 amide bonds. The molecule has 1 fully saturated rings. The summed E-state index contributed by atoms with van der Waals surface area (Å²) in [6.45, 7) is 19.2. The molecule has 4 aromatic carbocycles. The first kappa shape index (κ1) is 81.9. The zero-order chi connectivity index (χ0) is 72.7. The molecule has 1 aliphatic heterocycles. The summed E-state index contributed by atoms with van der Waals surface area (Å²) < 4.78 is 22.9. The van der Waals surface area contributed by atoms with Crippen LogP contribution in [0.3, 0.4) is 0 Å². The van der Waals surface area contributed by atoms with E-state index in [1.807, 2.05) is 133 Å². The van der Waals surface area contributed by atoms with E-state index in [9.17, 15) is 33.6 Å². The van der Waals surface area contributed by atoms with Gasteiger partial charge in [-0.15, -0.1) is 0 Å². The molecule has 540 valence electrons. The van der Waals surface area contributed by atoms with Crippen LogP contribution in [0.2, 0.25) is 0 Å². The van der Waals surface area contributed by atoms with E-state index in [4.69, 9.17) is 18.9 Å². The first-order chi connectivity index (χ1) is 47.1. The average Bonchev–Trinajstić information content (AvgIpc) is 0.755. The highest BCUT2D eigenvalue weighted by Gasteiger charge is 2.42. The molecule has 6 N–H and O–H groups in total. The maximum absolute atomic E-state index is 15.6. The van der Waals surface area contributed by atoms with E-state index in [0.717, 1.165) is 5.75 Å². The number of nitrogens with one attached hydrogen (secondary N) is 6. The molecule has 1 aliphatic rings. The number of rotatable bonds is 36. The van der Waals surface area contributed by atoms with E-state index in [0.29, 0.717) is 34.4 Å². The predicted octanol–water partition coefficient (Wildman–Crippen LogP) is 9.01. The van der Waals surface area contributed by atoms with Gasteiger partial charge in [0.25, 0.3) is 0 Å². The Bertz CT molecular complexity index is 3170. The summed E-state index contributed by atoms with van der Waals surface area (Å²) in [7, 11) is 3.34. The molecule has 0 spiro atoms. The summed E-state index contributed by atoms with van der Waals surface area (Å²) in [5.74, 6) is -11.2. The summed E-state index contributed by atoms with van der Waals surface area (Å²) in [4.78, 5) is 160. The molecular formula is C76H104N6O15S2. The van der Waals surface area contributed by atoms with Gasteiger partial charge in [-0.1, -0.05) is 205 Å². The molecule has 99 heavy (non-hydrogen) atoms. The van der Waals surface area contributed by atoms with Crippen molar-refractivity contribution in [2.45, 2.75) is 169 Å². The Labute approximate surface area is 592 Å². The Hall–Kier alpha value is -7.73. The molecular weight excluding hydrogens is 1300 g/mol. The summed E-state index contributed by atoms with van der Waals surface area (Å²) in [6, 6.07) is 30.3. The third-order valence-electron chi connectivity index (χ3n) is 16.8. The minimum absolute atomic E-state index is 0.0287. The number of esters is 2. The lowest BCUT2D eigenvalue weighted by Gasteiger charge is -2.37. The summed E-state index contributed by atoms with van der Waals surface area (Å²) >= 11 is 0. The van der Waals surface area contributed by atoms with Gasteiger partial charge in [-0.25, -0.2) is 0 Å². The number of ether oxygens (including phenoxy) is 4. The second-order valence-corrected chi connectivity index (χ2v) is 30.0. The van der Waals surface area contributed by atoms with Crippen LogP contribution in [0.1, 0.15) is 150 Å². The Balaban J connectivity index is 1.56. The number of benzene rings is 4. The Morgan fingerprint density at radius 3 is 1.72 bits per heavy atom. The maximum atomic E-state index is 15.6. The number of cyclic esters (lactones) is 1. The maximum Gasteiger partial charge on any atom is 0.309 e. The Kier molecular flexibility index (Phi) is 34.6. The van der Waals surface area contributed by atoms with Crippen LogP contribution in [0.25, 0.3) is 0 Å². The van der Waals surface area contributed by atoms with Crippen molar-refractivity contribution in [2.75, 3.05) is 51.1 Å². The topological polar surface area (TPSA) is 297 Å². The fourth-order valence-corrected chi connectivity index (χ4v) is 13.6. The van der Waals surface area contributed by atoms with Crippen LogP contribution in [0.5, 0.6) is 0 Å². The van der Waals surface area contributed by atoms with E-state index < -0.39 is 144 Å². The number of hydrogen-bond acceptors (Lipinski definition) is 17. The van der Waals surface area contributed by atoms with Crippen molar-refractivity contribution in [2.24, 2.45) is 41.4 Å². The summed E-state index contributed by atoms with van der Waals surface area (Å²) in [5, 5.41) is 17.1. The molecule has 21 nitrogen and oxygen atoms in total. The summed E-state index contributed by atoms with van der Waals surface area (Å²) in [6.07, 6.45) is -2.44. The van der Waals surface area contributed by atoms with Gasteiger partial charge in [0.2, 0.25) is 35.4 Å². The van der Waals surface area contributed by atoms with Gasteiger partial charge in [0.15, 0.2) is 17.3 Å². The number of hydrogen-bond donors (Lipinski definition) is 6. The highest BCUT2D eigenvalue weighted by atomic mass is 33.1. The molecule has 0 bridgehead atoms. The van der Waals surface area contributed by atoms with Crippen LogP contribution in [-0.4, -0.2) is 146 Å². The molecule has 23 heteroatoms. The van der Waals surface area contributed by atoms with E-state index in [-0.39, 0.29) is 88.7 Å². The van der Waals surface area contributed by atoms with Gasteiger partial charge in [-0.2, -0.15) is 0 Å². The van der Waals surface area contributed by atoms with Gasteiger partial charge in [0.1, 0.15) is 36.4 Å². The fourth-order valence-electron chi connectivity index (χ4n) is 11.6. The van der Waals surface area contributed by atoms with Gasteiger partial charge in [0.05, 0.1) is 56.6 Å². The van der Waals surface area contributed by atoms with Crippen molar-refractivity contribution in [1.29, 1.82) is 0 Å².